The van der Waals surface area contributed by atoms with Crippen LogP contribution in [0.2, 0.25) is 5.02 Å². The van der Waals surface area contributed by atoms with E-state index in [2.05, 4.69) is 6.07 Å². The maximum absolute atomic E-state index is 12.3. The quantitative estimate of drug-likeness (QED) is 0.139. The molecule has 3 rings (SSSR count). The standard InChI is InChI=1S/C22H13ClN2O4/c23-19-7-2-5-16(12-19)18(14-24)10-15-4-1-9-21(11-15)29-22(26)17-6-3-8-20(13-17)25(27)28/h1-13H/b18-10-. The molecule has 3 aromatic rings. The van der Waals surface area contributed by atoms with Crippen molar-refractivity contribution in [3.63, 3.8) is 0 Å². The van der Waals surface area contributed by atoms with Crippen molar-refractivity contribution in [2.75, 3.05) is 0 Å². The van der Waals surface area contributed by atoms with Gasteiger partial charge in [0, 0.05) is 17.2 Å². The highest BCUT2D eigenvalue weighted by molar-refractivity contribution is 6.30. The zero-order valence-electron chi connectivity index (χ0n) is 14.9. The zero-order chi connectivity index (χ0) is 20.8. The predicted molar refractivity (Wildman–Crippen MR) is 109 cm³/mol. The van der Waals surface area contributed by atoms with Crippen molar-refractivity contribution in [3.8, 4) is 11.8 Å². The number of benzene rings is 3. The van der Waals surface area contributed by atoms with Crippen LogP contribution in [0.5, 0.6) is 5.75 Å². The van der Waals surface area contributed by atoms with Crippen LogP contribution in [0.3, 0.4) is 0 Å². The summed E-state index contributed by atoms with van der Waals surface area (Å²) in [5, 5.41) is 20.8. The number of hydrogen-bond acceptors (Lipinski definition) is 5. The molecule has 0 saturated heterocycles. The summed E-state index contributed by atoms with van der Waals surface area (Å²) in [6.07, 6.45) is 1.65. The maximum atomic E-state index is 12.3. The molecule has 0 aliphatic carbocycles. The van der Waals surface area contributed by atoms with Gasteiger partial charge in [0.25, 0.3) is 5.69 Å². The molecule has 0 saturated carbocycles. The molecule has 0 aliphatic rings. The number of nitro benzene ring substituents is 1. The number of non-ortho nitro benzene ring substituents is 1. The molecule has 0 N–H and O–H groups in total. The van der Waals surface area contributed by atoms with Gasteiger partial charge < -0.3 is 4.74 Å². The summed E-state index contributed by atoms with van der Waals surface area (Å²) in [5.41, 5.74) is 1.58. The van der Waals surface area contributed by atoms with Crippen LogP contribution < -0.4 is 4.74 Å². The Morgan fingerprint density at radius 3 is 2.48 bits per heavy atom. The monoisotopic (exact) mass is 404 g/mol. The molecule has 0 aromatic heterocycles. The van der Waals surface area contributed by atoms with Crippen molar-refractivity contribution >= 4 is 34.9 Å². The molecule has 0 spiro atoms. The molecule has 0 aliphatic heterocycles. The second kappa shape index (κ2) is 8.83. The summed E-state index contributed by atoms with van der Waals surface area (Å²) >= 11 is 5.98. The SMILES string of the molecule is N#C/C(=C/c1cccc(OC(=O)c2cccc([N+](=O)[O-])c2)c1)c1cccc(Cl)c1. The van der Waals surface area contributed by atoms with Crippen LogP contribution >= 0.6 is 11.6 Å². The summed E-state index contributed by atoms with van der Waals surface area (Å²) in [7, 11) is 0. The Morgan fingerprint density at radius 1 is 1.03 bits per heavy atom. The van der Waals surface area contributed by atoms with E-state index in [9.17, 15) is 20.2 Å². The lowest BCUT2D eigenvalue weighted by Crippen LogP contribution is -2.08. The Hall–Kier alpha value is -3.95. The molecule has 6 nitrogen and oxygen atoms in total. The molecule has 0 amide bonds. The zero-order valence-corrected chi connectivity index (χ0v) is 15.7. The van der Waals surface area contributed by atoms with Gasteiger partial charge >= 0.3 is 5.97 Å². The third-order valence-corrected chi connectivity index (χ3v) is 4.16. The van der Waals surface area contributed by atoms with Crippen LogP contribution in [0.1, 0.15) is 21.5 Å². The first kappa shape index (κ1) is 19.8. The first-order valence-electron chi connectivity index (χ1n) is 8.41. The number of ether oxygens (including phenoxy) is 1. The van der Waals surface area contributed by atoms with E-state index in [0.29, 0.717) is 21.7 Å². The normalized spacial score (nSPS) is 10.8. The van der Waals surface area contributed by atoms with Crippen LogP contribution in [0, 0.1) is 21.4 Å². The second-order valence-electron chi connectivity index (χ2n) is 5.95. The van der Waals surface area contributed by atoms with Gasteiger partial charge in [0.15, 0.2) is 0 Å². The van der Waals surface area contributed by atoms with E-state index >= 15 is 0 Å². The third-order valence-electron chi connectivity index (χ3n) is 3.93. The highest BCUT2D eigenvalue weighted by Gasteiger charge is 2.13. The fourth-order valence-electron chi connectivity index (χ4n) is 2.58. The Bertz CT molecular complexity index is 1170. The smallest absolute Gasteiger partial charge is 0.343 e. The van der Waals surface area contributed by atoms with Crippen LogP contribution in [0.15, 0.2) is 72.8 Å². The van der Waals surface area contributed by atoms with Gasteiger partial charge in [-0.25, -0.2) is 4.79 Å². The molecule has 0 radical (unpaired) electrons. The number of carbonyl (C=O) groups excluding carboxylic acids is 1. The Kier molecular flexibility index (Phi) is 6.03. The van der Waals surface area contributed by atoms with Crippen molar-refractivity contribution in [3.05, 3.63) is 105 Å². The molecular formula is C22H13ClN2O4. The molecule has 0 unspecified atom stereocenters. The van der Waals surface area contributed by atoms with Gasteiger partial charge in [0.1, 0.15) is 5.75 Å². The van der Waals surface area contributed by atoms with E-state index in [1.54, 1.807) is 54.6 Å². The van der Waals surface area contributed by atoms with Crippen molar-refractivity contribution in [2.24, 2.45) is 0 Å². The van der Waals surface area contributed by atoms with Gasteiger partial charge in [-0.1, -0.05) is 41.9 Å². The molecule has 3 aromatic carbocycles. The number of allylic oxidation sites excluding steroid dienone is 1. The van der Waals surface area contributed by atoms with Crippen molar-refractivity contribution in [1.29, 1.82) is 5.26 Å². The molecule has 7 heteroatoms. The average Bonchev–Trinajstić information content (AvgIpc) is 2.72. The number of hydrogen-bond donors (Lipinski definition) is 0. The molecule has 0 fully saturated rings. The minimum absolute atomic E-state index is 0.0665. The minimum atomic E-state index is -0.717. The topological polar surface area (TPSA) is 93.2 Å². The van der Waals surface area contributed by atoms with Crippen LogP contribution in [0.4, 0.5) is 5.69 Å². The van der Waals surface area contributed by atoms with E-state index < -0.39 is 10.9 Å². The summed E-state index contributed by atoms with van der Waals surface area (Å²) in [4.78, 5) is 22.6. The predicted octanol–water partition coefficient (Wildman–Crippen LogP) is 5.53. The first-order valence-corrected chi connectivity index (χ1v) is 8.78. The second-order valence-corrected chi connectivity index (χ2v) is 6.39. The van der Waals surface area contributed by atoms with E-state index in [1.165, 1.54) is 18.2 Å². The molecule has 29 heavy (non-hydrogen) atoms. The van der Waals surface area contributed by atoms with Crippen LogP contribution in [-0.4, -0.2) is 10.9 Å². The lowest BCUT2D eigenvalue weighted by Gasteiger charge is -2.06. The lowest BCUT2D eigenvalue weighted by molar-refractivity contribution is -0.384. The van der Waals surface area contributed by atoms with Gasteiger partial charge in [-0.05, 0) is 47.5 Å². The van der Waals surface area contributed by atoms with Crippen molar-refractivity contribution in [2.45, 2.75) is 0 Å². The number of halogens is 1. The molecule has 0 heterocycles. The van der Waals surface area contributed by atoms with Gasteiger partial charge in [0.2, 0.25) is 0 Å². The Labute approximate surface area is 171 Å². The average molecular weight is 405 g/mol. The van der Waals surface area contributed by atoms with E-state index in [0.717, 1.165) is 6.07 Å². The van der Waals surface area contributed by atoms with Crippen molar-refractivity contribution in [1.82, 2.24) is 0 Å². The lowest BCUT2D eigenvalue weighted by atomic mass is 10.0. The highest BCUT2D eigenvalue weighted by atomic mass is 35.5. The molecule has 142 valence electrons. The van der Waals surface area contributed by atoms with Crippen LogP contribution in [-0.2, 0) is 0 Å². The minimum Gasteiger partial charge on any atom is -0.423 e. The van der Waals surface area contributed by atoms with E-state index in [1.807, 2.05) is 0 Å². The van der Waals surface area contributed by atoms with E-state index in [4.69, 9.17) is 16.3 Å². The number of carbonyl (C=O) groups is 1. The largest absolute Gasteiger partial charge is 0.423 e. The Balaban J connectivity index is 1.84. The fraction of sp³-hybridized carbons (Fsp3) is 0. The van der Waals surface area contributed by atoms with Crippen LogP contribution in [0.25, 0.3) is 11.6 Å². The van der Waals surface area contributed by atoms with Gasteiger partial charge in [-0.15, -0.1) is 0 Å². The number of nitro groups is 1. The fourth-order valence-corrected chi connectivity index (χ4v) is 2.77. The summed E-state index contributed by atoms with van der Waals surface area (Å²) < 4.78 is 5.32. The van der Waals surface area contributed by atoms with Gasteiger partial charge in [-0.3, -0.25) is 10.1 Å². The molecule has 0 bridgehead atoms. The third kappa shape index (κ3) is 5.06. The Morgan fingerprint density at radius 2 is 1.76 bits per heavy atom. The molecular weight excluding hydrogens is 392 g/mol. The summed E-state index contributed by atoms with van der Waals surface area (Å²) in [6, 6.07) is 21.0. The maximum Gasteiger partial charge on any atom is 0.343 e. The summed E-state index contributed by atoms with van der Waals surface area (Å²) in [6.45, 7) is 0. The number of nitriles is 1. The van der Waals surface area contributed by atoms with Crippen molar-refractivity contribution < 1.29 is 14.5 Å². The highest BCUT2D eigenvalue weighted by Crippen LogP contribution is 2.23. The van der Waals surface area contributed by atoms with Gasteiger partial charge in [0.05, 0.1) is 22.1 Å². The number of rotatable bonds is 5. The first-order chi connectivity index (χ1) is 14.0. The molecule has 0 atom stereocenters. The summed E-state index contributed by atoms with van der Waals surface area (Å²) in [5.74, 6) is -0.469. The number of esters is 1. The number of nitrogens with zero attached hydrogens (tertiary/aromatic N) is 2. The van der Waals surface area contributed by atoms with Gasteiger partial charge in [-0.2, -0.15) is 5.26 Å². The van der Waals surface area contributed by atoms with E-state index in [-0.39, 0.29) is 17.0 Å².